The van der Waals surface area contributed by atoms with Crippen LogP contribution in [-0.4, -0.2) is 11.7 Å². The maximum Gasteiger partial charge on any atom is 0.0493 e. The number of unbranched alkanes of at least 4 members (excludes halogenated alkanes) is 2. The molecule has 0 aromatic carbocycles. The summed E-state index contributed by atoms with van der Waals surface area (Å²) < 4.78 is 0. The number of hydrogen-bond acceptors (Lipinski definition) is 1. The normalized spacial score (nSPS) is 15.7. The van der Waals surface area contributed by atoms with Gasteiger partial charge in [-0.25, -0.2) is 0 Å². The largest absolute Gasteiger partial charge is 0.396 e. The molecule has 0 saturated heterocycles. The van der Waals surface area contributed by atoms with E-state index in [4.69, 9.17) is 5.11 Å². The summed E-state index contributed by atoms with van der Waals surface area (Å²) in [6.45, 7) is 6.90. The van der Waals surface area contributed by atoms with Gasteiger partial charge in [-0.15, -0.1) is 0 Å². The minimum Gasteiger partial charge on any atom is -0.396 e. The number of aliphatic hydroxyl groups is 1. The van der Waals surface area contributed by atoms with Gasteiger partial charge in [-0.3, -0.25) is 0 Å². The van der Waals surface area contributed by atoms with Crippen LogP contribution in [0.25, 0.3) is 0 Å². The van der Waals surface area contributed by atoms with Crippen LogP contribution in [0, 0.1) is 11.8 Å². The van der Waals surface area contributed by atoms with E-state index >= 15 is 0 Å². The second-order valence-electron chi connectivity index (χ2n) is 4.65. The second-order valence-corrected chi connectivity index (χ2v) is 4.65. The molecule has 15 heavy (non-hydrogen) atoms. The SMILES string of the molecule is CC=CC(CO)CCC(C)CCCCC. The summed E-state index contributed by atoms with van der Waals surface area (Å²) in [5.41, 5.74) is 0. The van der Waals surface area contributed by atoms with Crippen LogP contribution in [0.5, 0.6) is 0 Å². The summed E-state index contributed by atoms with van der Waals surface area (Å²) in [4.78, 5) is 0. The topological polar surface area (TPSA) is 20.2 Å². The van der Waals surface area contributed by atoms with Crippen LogP contribution in [0.4, 0.5) is 0 Å². The Balaban J connectivity index is 3.54. The fraction of sp³-hybridized carbons (Fsp3) is 0.857. The molecule has 0 aromatic rings. The molecule has 1 heteroatoms. The standard InChI is InChI=1S/C14H28O/c1-4-6-7-9-13(3)10-11-14(12-15)8-5-2/h5,8,13-15H,4,6-7,9-12H2,1-3H3. The molecule has 0 bridgehead atoms. The van der Waals surface area contributed by atoms with Crippen molar-refractivity contribution in [2.24, 2.45) is 11.8 Å². The van der Waals surface area contributed by atoms with Gasteiger partial charge in [-0.2, -0.15) is 0 Å². The monoisotopic (exact) mass is 212 g/mol. The molecular weight excluding hydrogens is 184 g/mol. The van der Waals surface area contributed by atoms with Gasteiger partial charge in [-0.1, -0.05) is 58.1 Å². The van der Waals surface area contributed by atoms with Crippen LogP contribution in [0.15, 0.2) is 12.2 Å². The van der Waals surface area contributed by atoms with E-state index in [2.05, 4.69) is 19.9 Å². The van der Waals surface area contributed by atoms with Crippen molar-refractivity contribution >= 4 is 0 Å². The molecule has 0 heterocycles. The molecule has 1 N–H and O–H groups in total. The quantitative estimate of drug-likeness (QED) is 0.449. The van der Waals surface area contributed by atoms with E-state index in [0.29, 0.717) is 12.5 Å². The molecule has 1 nitrogen and oxygen atoms in total. The van der Waals surface area contributed by atoms with Crippen molar-refractivity contribution < 1.29 is 5.11 Å². The Labute approximate surface area is 95.6 Å². The number of hydrogen-bond donors (Lipinski definition) is 1. The van der Waals surface area contributed by atoms with Gasteiger partial charge in [0.2, 0.25) is 0 Å². The van der Waals surface area contributed by atoms with E-state index in [1.165, 1.54) is 32.1 Å². The Kier molecular flexibility index (Phi) is 10.0. The lowest BCUT2D eigenvalue weighted by atomic mass is 9.93. The van der Waals surface area contributed by atoms with E-state index in [-0.39, 0.29) is 0 Å². The van der Waals surface area contributed by atoms with Crippen molar-refractivity contribution in [3.8, 4) is 0 Å². The summed E-state index contributed by atoms with van der Waals surface area (Å²) in [6.07, 6.45) is 11.9. The van der Waals surface area contributed by atoms with E-state index in [1.807, 2.05) is 13.0 Å². The average molecular weight is 212 g/mol. The van der Waals surface area contributed by atoms with Gasteiger partial charge in [0.05, 0.1) is 0 Å². The molecule has 2 atom stereocenters. The molecule has 0 rings (SSSR count). The summed E-state index contributed by atoms with van der Waals surface area (Å²) in [6, 6.07) is 0. The Morgan fingerprint density at radius 3 is 2.40 bits per heavy atom. The van der Waals surface area contributed by atoms with E-state index in [9.17, 15) is 0 Å². The van der Waals surface area contributed by atoms with Crippen LogP contribution in [-0.2, 0) is 0 Å². The van der Waals surface area contributed by atoms with Gasteiger partial charge >= 0.3 is 0 Å². The highest BCUT2D eigenvalue weighted by atomic mass is 16.3. The molecule has 0 aliphatic heterocycles. The molecule has 0 spiro atoms. The summed E-state index contributed by atoms with van der Waals surface area (Å²) in [7, 11) is 0. The minimum absolute atomic E-state index is 0.298. The molecule has 0 fully saturated rings. The number of aliphatic hydroxyl groups excluding tert-OH is 1. The Morgan fingerprint density at radius 2 is 1.87 bits per heavy atom. The van der Waals surface area contributed by atoms with Gasteiger partial charge in [0.15, 0.2) is 0 Å². The molecule has 0 amide bonds. The molecule has 2 unspecified atom stereocenters. The first-order chi connectivity index (χ1) is 7.24. The first-order valence-corrected chi connectivity index (χ1v) is 6.48. The third-order valence-electron chi connectivity index (χ3n) is 3.03. The lowest BCUT2D eigenvalue weighted by Crippen LogP contribution is -2.05. The Bertz CT molecular complexity index is 151. The van der Waals surface area contributed by atoms with Crippen LogP contribution < -0.4 is 0 Å². The Hall–Kier alpha value is -0.300. The zero-order valence-electron chi connectivity index (χ0n) is 10.7. The van der Waals surface area contributed by atoms with Crippen molar-refractivity contribution in [2.75, 3.05) is 6.61 Å². The average Bonchev–Trinajstić information content (AvgIpc) is 2.24. The summed E-state index contributed by atoms with van der Waals surface area (Å²) >= 11 is 0. The van der Waals surface area contributed by atoms with E-state index in [0.717, 1.165) is 12.3 Å². The van der Waals surface area contributed by atoms with E-state index in [1.54, 1.807) is 0 Å². The Morgan fingerprint density at radius 1 is 1.13 bits per heavy atom. The third kappa shape index (κ3) is 8.68. The first kappa shape index (κ1) is 14.7. The molecule has 0 aliphatic carbocycles. The van der Waals surface area contributed by atoms with Gasteiger partial charge in [0, 0.05) is 6.61 Å². The van der Waals surface area contributed by atoms with Gasteiger partial charge < -0.3 is 5.11 Å². The number of rotatable bonds is 9. The van der Waals surface area contributed by atoms with E-state index < -0.39 is 0 Å². The van der Waals surface area contributed by atoms with Crippen molar-refractivity contribution in [1.29, 1.82) is 0 Å². The minimum atomic E-state index is 0.298. The van der Waals surface area contributed by atoms with Crippen molar-refractivity contribution in [3.05, 3.63) is 12.2 Å². The smallest absolute Gasteiger partial charge is 0.0493 e. The number of allylic oxidation sites excluding steroid dienone is 1. The predicted molar refractivity (Wildman–Crippen MR) is 67.9 cm³/mol. The van der Waals surface area contributed by atoms with Crippen molar-refractivity contribution in [3.63, 3.8) is 0 Å². The molecule has 90 valence electrons. The van der Waals surface area contributed by atoms with Gasteiger partial charge in [0.25, 0.3) is 0 Å². The maximum atomic E-state index is 9.13. The lowest BCUT2D eigenvalue weighted by Gasteiger charge is -2.14. The van der Waals surface area contributed by atoms with Crippen LogP contribution >= 0.6 is 0 Å². The maximum absolute atomic E-state index is 9.13. The fourth-order valence-corrected chi connectivity index (χ4v) is 1.91. The summed E-state index contributed by atoms with van der Waals surface area (Å²) in [5.74, 6) is 1.19. The lowest BCUT2D eigenvalue weighted by molar-refractivity contribution is 0.237. The van der Waals surface area contributed by atoms with Crippen LogP contribution in [0.2, 0.25) is 0 Å². The summed E-state index contributed by atoms with van der Waals surface area (Å²) in [5, 5.41) is 9.13. The predicted octanol–water partition coefficient (Wildman–Crippen LogP) is 4.17. The second kappa shape index (κ2) is 10.2. The van der Waals surface area contributed by atoms with Crippen molar-refractivity contribution in [1.82, 2.24) is 0 Å². The zero-order chi connectivity index (χ0) is 11.5. The van der Waals surface area contributed by atoms with Crippen LogP contribution in [0.3, 0.4) is 0 Å². The highest BCUT2D eigenvalue weighted by molar-refractivity contribution is 4.85. The molecule has 0 radical (unpaired) electrons. The third-order valence-corrected chi connectivity index (χ3v) is 3.03. The highest BCUT2D eigenvalue weighted by Crippen LogP contribution is 2.18. The zero-order valence-corrected chi connectivity index (χ0v) is 10.7. The van der Waals surface area contributed by atoms with Gasteiger partial charge in [0.1, 0.15) is 0 Å². The van der Waals surface area contributed by atoms with Gasteiger partial charge in [-0.05, 0) is 25.2 Å². The highest BCUT2D eigenvalue weighted by Gasteiger charge is 2.07. The fourth-order valence-electron chi connectivity index (χ4n) is 1.91. The van der Waals surface area contributed by atoms with Crippen LogP contribution in [0.1, 0.15) is 59.3 Å². The molecule has 0 saturated carbocycles. The molecule has 0 aromatic heterocycles. The van der Waals surface area contributed by atoms with Crippen molar-refractivity contribution in [2.45, 2.75) is 59.3 Å². The molecule has 0 aliphatic rings. The first-order valence-electron chi connectivity index (χ1n) is 6.48. The molecular formula is C14H28O.